The molecule has 0 amide bonds. The molecular formula is C13H20N4OS2. The minimum absolute atomic E-state index is 0.127. The maximum Gasteiger partial charge on any atom is 0.226 e. The first kappa shape index (κ1) is 15.3. The summed E-state index contributed by atoms with van der Waals surface area (Å²) in [5.41, 5.74) is 0. The summed E-state index contributed by atoms with van der Waals surface area (Å²) in [6, 6.07) is 2.15. The van der Waals surface area contributed by atoms with Gasteiger partial charge in [0.15, 0.2) is 0 Å². The Morgan fingerprint density at radius 3 is 2.90 bits per heavy atom. The lowest BCUT2D eigenvalue weighted by Gasteiger charge is -2.22. The molecule has 0 radical (unpaired) electrons. The number of hydrogen-bond acceptors (Lipinski definition) is 7. The lowest BCUT2D eigenvalue weighted by atomic mass is 10.2. The van der Waals surface area contributed by atoms with Gasteiger partial charge in [0.1, 0.15) is 10.6 Å². The van der Waals surface area contributed by atoms with Crippen LogP contribution in [0.2, 0.25) is 0 Å². The van der Waals surface area contributed by atoms with E-state index in [1.165, 1.54) is 0 Å². The Morgan fingerprint density at radius 2 is 2.25 bits per heavy atom. The van der Waals surface area contributed by atoms with Crippen LogP contribution in [0.4, 0.5) is 11.8 Å². The van der Waals surface area contributed by atoms with Crippen molar-refractivity contribution in [2.45, 2.75) is 25.1 Å². The number of anilines is 2. The van der Waals surface area contributed by atoms with Crippen molar-refractivity contribution in [3.63, 3.8) is 0 Å². The average molecular weight is 312 g/mol. The molecule has 3 N–H and O–H groups in total. The Balaban J connectivity index is 2.29. The van der Waals surface area contributed by atoms with E-state index in [9.17, 15) is 5.11 Å². The van der Waals surface area contributed by atoms with Gasteiger partial charge in [-0.25, -0.2) is 4.98 Å². The molecule has 0 fully saturated rings. The molecule has 0 bridgehead atoms. The molecule has 0 aliphatic carbocycles. The molecule has 2 heterocycles. The lowest BCUT2D eigenvalue weighted by molar-refractivity contribution is 0.288. The number of thioether (sulfide) groups is 1. The zero-order chi connectivity index (χ0) is 14.5. The standard InChI is InChI=1S/C13H20N4OS2/c1-4-14-13-16-11(9-5-6-20-12(9)17-13)15-8(2)10(7-18)19-3/h5-6,8,10,18H,4,7H2,1-3H3,(H2,14,15,16,17). The molecule has 2 aromatic rings. The van der Waals surface area contributed by atoms with Crippen LogP contribution in [0.25, 0.3) is 10.2 Å². The zero-order valence-electron chi connectivity index (χ0n) is 11.9. The summed E-state index contributed by atoms with van der Waals surface area (Å²) in [5, 5.41) is 19.1. The van der Waals surface area contributed by atoms with Gasteiger partial charge < -0.3 is 15.7 Å². The van der Waals surface area contributed by atoms with Crippen LogP contribution in [0.3, 0.4) is 0 Å². The molecule has 0 saturated heterocycles. The number of aromatic nitrogens is 2. The highest BCUT2D eigenvalue weighted by Crippen LogP contribution is 2.27. The summed E-state index contributed by atoms with van der Waals surface area (Å²) in [6.07, 6.45) is 2.00. The fourth-order valence-electron chi connectivity index (χ4n) is 1.95. The predicted octanol–water partition coefficient (Wildman–Crippen LogP) is 2.65. The Bertz CT molecular complexity index is 556. The Morgan fingerprint density at radius 1 is 1.45 bits per heavy atom. The van der Waals surface area contributed by atoms with Crippen LogP contribution < -0.4 is 10.6 Å². The van der Waals surface area contributed by atoms with E-state index in [1.54, 1.807) is 23.1 Å². The number of fused-ring (bicyclic) bond motifs is 1. The summed E-state index contributed by atoms with van der Waals surface area (Å²) < 4.78 is 0. The van der Waals surface area contributed by atoms with Gasteiger partial charge >= 0.3 is 0 Å². The van der Waals surface area contributed by atoms with Crippen LogP contribution in [0, 0.1) is 0 Å². The monoisotopic (exact) mass is 312 g/mol. The molecule has 5 nitrogen and oxygen atoms in total. The Kier molecular flexibility index (Phi) is 5.45. The summed E-state index contributed by atoms with van der Waals surface area (Å²) in [4.78, 5) is 9.98. The third kappa shape index (κ3) is 3.34. The fraction of sp³-hybridized carbons (Fsp3) is 0.538. The number of hydrogen-bond donors (Lipinski definition) is 3. The van der Waals surface area contributed by atoms with Crippen molar-refractivity contribution in [3.8, 4) is 0 Å². The van der Waals surface area contributed by atoms with Gasteiger partial charge in [0.2, 0.25) is 5.95 Å². The molecule has 7 heteroatoms. The van der Waals surface area contributed by atoms with E-state index >= 15 is 0 Å². The maximum absolute atomic E-state index is 9.38. The van der Waals surface area contributed by atoms with Crippen LogP contribution in [-0.4, -0.2) is 45.8 Å². The summed E-state index contributed by atoms with van der Waals surface area (Å²) in [6.45, 7) is 5.01. The minimum Gasteiger partial charge on any atom is -0.395 e. The van der Waals surface area contributed by atoms with Crippen molar-refractivity contribution >= 4 is 45.1 Å². The van der Waals surface area contributed by atoms with Crippen LogP contribution >= 0.6 is 23.1 Å². The molecule has 110 valence electrons. The molecule has 0 spiro atoms. The predicted molar refractivity (Wildman–Crippen MR) is 89.1 cm³/mol. The molecule has 0 saturated carbocycles. The molecule has 0 aliphatic rings. The third-order valence-electron chi connectivity index (χ3n) is 3.06. The van der Waals surface area contributed by atoms with E-state index in [0.29, 0.717) is 5.95 Å². The van der Waals surface area contributed by atoms with Gasteiger partial charge in [-0.3, -0.25) is 0 Å². The summed E-state index contributed by atoms with van der Waals surface area (Å²) >= 11 is 3.25. The van der Waals surface area contributed by atoms with Crippen molar-refractivity contribution in [2.24, 2.45) is 0 Å². The van der Waals surface area contributed by atoms with E-state index in [-0.39, 0.29) is 17.9 Å². The van der Waals surface area contributed by atoms with Gasteiger partial charge in [-0.1, -0.05) is 0 Å². The molecule has 2 rings (SSSR count). The van der Waals surface area contributed by atoms with Gasteiger partial charge in [-0.15, -0.1) is 11.3 Å². The lowest BCUT2D eigenvalue weighted by Crippen LogP contribution is -2.31. The minimum atomic E-state index is 0.127. The summed E-state index contributed by atoms with van der Waals surface area (Å²) in [7, 11) is 0. The molecule has 20 heavy (non-hydrogen) atoms. The first-order chi connectivity index (χ1) is 9.69. The highest BCUT2D eigenvalue weighted by Gasteiger charge is 2.17. The van der Waals surface area contributed by atoms with Crippen LogP contribution in [-0.2, 0) is 0 Å². The Hall–Kier alpha value is -1.05. The van der Waals surface area contributed by atoms with E-state index in [0.717, 1.165) is 22.6 Å². The summed E-state index contributed by atoms with van der Waals surface area (Å²) in [5.74, 6) is 1.47. The molecule has 2 atom stereocenters. The second-order valence-corrected chi connectivity index (χ2v) is 6.43. The number of nitrogens with one attached hydrogen (secondary N) is 2. The number of aliphatic hydroxyl groups excluding tert-OH is 1. The van der Waals surface area contributed by atoms with Crippen LogP contribution in [0.5, 0.6) is 0 Å². The van der Waals surface area contributed by atoms with Crippen molar-refractivity contribution in [2.75, 3.05) is 30.0 Å². The number of thiophene rings is 1. The Labute approximate surface area is 127 Å². The normalized spacial score (nSPS) is 14.2. The zero-order valence-corrected chi connectivity index (χ0v) is 13.5. The van der Waals surface area contributed by atoms with E-state index < -0.39 is 0 Å². The van der Waals surface area contributed by atoms with Gasteiger partial charge in [0, 0.05) is 17.8 Å². The molecular weight excluding hydrogens is 292 g/mol. The maximum atomic E-state index is 9.38. The average Bonchev–Trinajstić information content (AvgIpc) is 2.89. The molecule has 2 aromatic heterocycles. The largest absolute Gasteiger partial charge is 0.395 e. The van der Waals surface area contributed by atoms with Gasteiger partial charge in [-0.05, 0) is 31.5 Å². The van der Waals surface area contributed by atoms with Gasteiger partial charge in [-0.2, -0.15) is 16.7 Å². The van der Waals surface area contributed by atoms with Gasteiger partial charge in [0.25, 0.3) is 0 Å². The van der Waals surface area contributed by atoms with Crippen molar-refractivity contribution < 1.29 is 5.11 Å². The smallest absolute Gasteiger partial charge is 0.226 e. The topological polar surface area (TPSA) is 70.1 Å². The highest BCUT2D eigenvalue weighted by atomic mass is 32.2. The van der Waals surface area contributed by atoms with Crippen LogP contribution in [0.1, 0.15) is 13.8 Å². The first-order valence-electron chi connectivity index (χ1n) is 6.58. The second-order valence-electron chi connectivity index (χ2n) is 4.46. The third-order valence-corrected chi connectivity index (χ3v) is 5.03. The van der Waals surface area contributed by atoms with Crippen LogP contribution in [0.15, 0.2) is 11.4 Å². The highest BCUT2D eigenvalue weighted by molar-refractivity contribution is 7.99. The SMILES string of the molecule is CCNc1nc(NC(C)C(CO)SC)c2ccsc2n1. The second kappa shape index (κ2) is 7.10. The number of aliphatic hydroxyl groups is 1. The number of nitrogens with zero attached hydrogens (tertiary/aromatic N) is 2. The van der Waals surface area contributed by atoms with Crippen molar-refractivity contribution in [3.05, 3.63) is 11.4 Å². The number of rotatable bonds is 7. The van der Waals surface area contributed by atoms with E-state index in [2.05, 4.69) is 27.5 Å². The van der Waals surface area contributed by atoms with Crippen molar-refractivity contribution in [1.82, 2.24) is 9.97 Å². The molecule has 2 unspecified atom stereocenters. The van der Waals surface area contributed by atoms with E-state index in [4.69, 9.17) is 0 Å². The van der Waals surface area contributed by atoms with Crippen molar-refractivity contribution in [1.29, 1.82) is 0 Å². The van der Waals surface area contributed by atoms with Gasteiger partial charge in [0.05, 0.1) is 12.0 Å². The molecule has 0 aliphatic heterocycles. The quantitative estimate of drug-likeness (QED) is 0.730. The van der Waals surface area contributed by atoms with E-state index in [1.807, 2.05) is 24.6 Å². The first-order valence-corrected chi connectivity index (χ1v) is 8.75. The molecule has 0 aromatic carbocycles. The fourth-order valence-corrected chi connectivity index (χ4v) is 3.34.